The van der Waals surface area contributed by atoms with Gasteiger partial charge in [0.2, 0.25) is 0 Å². The van der Waals surface area contributed by atoms with E-state index >= 15 is 0 Å². The molecule has 1 heterocycles. The number of nitrogens with zero attached hydrogens (tertiary/aromatic N) is 2. The Morgan fingerprint density at radius 2 is 1.96 bits per heavy atom. The molecule has 0 amide bonds. The summed E-state index contributed by atoms with van der Waals surface area (Å²) in [6, 6.07) is 8.09. The molecular weight excluding hydrogens is 337 g/mol. The summed E-state index contributed by atoms with van der Waals surface area (Å²) in [7, 11) is 0. The van der Waals surface area contributed by atoms with E-state index in [1.54, 1.807) is 18.2 Å². The van der Waals surface area contributed by atoms with Gasteiger partial charge in [0.15, 0.2) is 12.6 Å². The summed E-state index contributed by atoms with van der Waals surface area (Å²) in [6.07, 6.45) is -2.86. The van der Waals surface area contributed by atoms with Gasteiger partial charge < -0.3 is 19.9 Å². The number of rotatable bonds is 7. The zero-order chi connectivity index (χ0) is 18.1. The fraction of sp³-hybridized carbons (Fsp3) is 0.375. The maximum absolute atomic E-state index is 12.1. The Hall–Kier alpha value is -2.71. The van der Waals surface area contributed by atoms with Gasteiger partial charge >= 0.3 is 6.18 Å². The summed E-state index contributed by atoms with van der Waals surface area (Å²) in [5.41, 5.74) is 1.59. The molecule has 2 rings (SSSR count). The Morgan fingerprint density at radius 3 is 2.56 bits per heavy atom. The molecule has 0 atom stereocenters. The largest absolute Gasteiger partial charge is 0.484 e. The summed E-state index contributed by atoms with van der Waals surface area (Å²) >= 11 is 0. The molecule has 0 saturated heterocycles. The molecule has 0 aliphatic carbocycles. The normalized spacial score (nSPS) is 12.1. The Bertz CT molecular complexity index is 655. The first-order valence-corrected chi connectivity index (χ1v) is 7.66. The topological polar surface area (TPSA) is 71.7 Å². The van der Waals surface area contributed by atoms with Crippen molar-refractivity contribution in [1.82, 2.24) is 15.8 Å². The van der Waals surface area contributed by atoms with E-state index in [-0.39, 0.29) is 5.75 Å². The van der Waals surface area contributed by atoms with Crippen LogP contribution in [0.25, 0.3) is 0 Å². The van der Waals surface area contributed by atoms with Crippen molar-refractivity contribution in [2.75, 3.05) is 13.2 Å². The molecule has 1 aromatic heterocycles. The summed E-state index contributed by atoms with van der Waals surface area (Å²) in [5.74, 6) is 0.768. The van der Waals surface area contributed by atoms with Crippen molar-refractivity contribution in [3.05, 3.63) is 47.9 Å². The Labute approximate surface area is 143 Å². The number of benzene rings is 1. The van der Waals surface area contributed by atoms with Crippen molar-refractivity contribution in [3.63, 3.8) is 0 Å². The third kappa shape index (κ3) is 7.15. The van der Waals surface area contributed by atoms with Crippen molar-refractivity contribution in [3.8, 4) is 5.75 Å². The predicted molar refractivity (Wildman–Crippen MR) is 86.2 cm³/mol. The van der Waals surface area contributed by atoms with Gasteiger partial charge in [-0.1, -0.05) is 17.3 Å². The molecule has 2 aromatic rings. The van der Waals surface area contributed by atoms with E-state index < -0.39 is 12.8 Å². The fourth-order valence-electron chi connectivity index (χ4n) is 1.87. The predicted octanol–water partition coefficient (Wildman–Crippen LogP) is 2.87. The van der Waals surface area contributed by atoms with Crippen LogP contribution in [-0.2, 0) is 13.1 Å². The average Bonchev–Trinajstić information content (AvgIpc) is 3.09. The van der Waals surface area contributed by atoms with Crippen LogP contribution in [-0.4, -0.2) is 30.4 Å². The third-order valence-electron chi connectivity index (χ3n) is 3.02. The lowest BCUT2D eigenvalue weighted by atomic mass is 10.2. The van der Waals surface area contributed by atoms with Gasteiger partial charge in [-0.05, 0) is 24.6 Å². The van der Waals surface area contributed by atoms with Crippen LogP contribution < -0.4 is 15.4 Å². The number of ether oxygens (including phenoxy) is 1. The van der Waals surface area contributed by atoms with Crippen LogP contribution in [0.3, 0.4) is 0 Å². The van der Waals surface area contributed by atoms with Crippen LogP contribution in [0.4, 0.5) is 13.2 Å². The van der Waals surface area contributed by atoms with Crippen LogP contribution in [0.15, 0.2) is 46.1 Å². The van der Waals surface area contributed by atoms with Crippen LogP contribution in [0.5, 0.6) is 5.75 Å². The first-order valence-electron chi connectivity index (χ1n) is 7.66. The molecule has 0 radical (unpaired) electrons. The summed E-state index contributed by atoms with van der Waals surface area (Å²) < 4.78 is 45.8. The van der Waals surface area contributed by atoms with E-state index in [0.29, 0.717) is 25.6 Å². The van der Waals surface area contributed by atoms with Crippen molar-refractivity contribution in [2.45, 2.75) is 26.2 Å². The third-order valence-corrected chi connectivity index (χ3v) is 3.02. The van der Waals surface area contributed by atoms with Crippen molar-refractivity contribution in [2.24, 2.45) is 4.99 Å². The van der Waals surface area contributed by atoms with Gasteiger partial charge in [-0.2, -0.15) is 13.2 Å². The maximum atomic E-state index is 12.1. The second-order valence-electron chi connectivity index (χ2n) is 5.09. The number of aliphatic imine (C=N–C) groups is 1. The number of hydrogen-bond donors (Lipinski definition) is 2. The number of hydrogen-bond acceptors (Lipinski definition) is 4. The van der Waals surface area contributed by atoms with E-state index in [2.05, 4.69) is 25.5 Å². The lowest BCUT2D eigenvalue weighted by molar-refractivity contribution is -0.153. The molecule has 0 bridgehead atoms. The van der Waals surface area contributed by atoms with Crippen LogP contribution in [0.2, 0.25) is 0 Å². The second-order valence-corrected chi connectivity index (χ2v) is 5.09. The van der Waals surface area contributed by atoms with Gasteiger partial charge in [-0.15, -0.1) is 0 Å². The highest BCUT2D eigenvalue weighted by atomic mass is 19.4. The number of nitrogens with one attached hydrogen (secondary N) is 2. The molecule has 0 fully saturated rings. The van der Waals surface area contributed by atoms with Crippen LogP contribution in [0.1, 0.15) is 18.2 Å². The average molecular weight is 356 g/mol. The second kappa shape index (κ2) is 8.95. The maximum Gasteiger partial charge on any atom is 0.422 e. The molecule has 9 heteroatoms. The molecule has 6 nitrogen and oxygen atoms in total. The Balaban J connectivity index is 1.88. The van der Waals surface area contributed by atoms with Crippen molar-refractivity contribution < 1.29 is 22.4 Å². The number of halogens is 3. The molecule has 0 aliphatic heterocycles. The van der Waals surface area contributed by atoms with Gasteiger partial charge in [0.1, 0.15) is 17.7 Å². The van der Waals surface area contributed by atoms with E-state index in [1.165, 1.54) is 18.4 Å². The van der Waals surface area contributed by atoms with Gasteiger partial charge in [0.05, 0.1) is 13.1 Å². The number of aromatic nitrogens is 1. The first-order chi connectivity index (χ1) is 12.0. The minimum atomic E-state index is -4.35. The monoisotopic (exact) mass is 356 g/mol. The lowest BCUT2D eigenvalue weighted by Gasteiger charge is -2.11. The minimum Gasteiger partial charge on any atom is -0.484 e. The molecule has 0 unspecified atom stereocenters. The molecular formula is C16H19F3N4O2. The highest BCUT2D eigenvalue weighted by molar-refractivity contribution is 5.79. The van der Waals surface area contributed by atoms with Gasteiger partial charge in [-0.3, -0.25) is 0 Å². The SMILES string of the molecule is CCNC(=NCc1ccc(OCC(F)(F)F)cc1)NCc1ccon1. The van der Waals surface area contributed by atoms with Gasteiger partial charge in [-0.25, -0.2) is 4.99 Å². The van der Waals surface area contributed by atoms with Crippen LogP contribution in [0, 0.1) is 0 Å². The van der Waals surface area contributed by atoms with Gasteiger partial charge in [0, 0.05) is 12.6 Å². The van der Waals surface area contributed by atoms with Crippen molar-refractivity contribution in [1.29, 1.82) is 0 Å². The summed E-state index contributed by atoms with van der Waals surface area (Å²) in [4.78, 5) is 4.41. The number of guanidine groups is 1. The lowest BCUT2D eigenvalue weighted by Crippen LogP contribution is -2.36. The Kier molecular flexibility index (Phi) is 6.67. The standard InChI is InChI=1S/C16H19F3N4O2/c1-2-20-15(22-10-13-7-8-25-23-13)21-9-12-3-5-14(6-4-12)24-11-16(17,18)19/h3-8H,2,9-11H2,1H3,(H2,20,21,22). The minimum absolute atomic E-state index is 0.168. The zero-order valence-corrected chi connectivity index (χ0v) is 13.6. The highest BCUT2D eigenvalue weighted by Gasteiger charge is 2.28. The summed E-state index contributed by atoms with van der Waals surface area (Å²) in [5, 5.41) is 10.00. The van der Waals surface area contributed by atoms with E-state index in [0.717, 1.165) is 11.3 Å². The molecule has 0 saturated carbocycles. The number of alkyl halides is 3. The van der Waals surface area contributed by atoms with E-state index in [4.69, 9.17) is 4.52 Å². The smallest absolute Gasteiger partial charge is 0.422 e. The van der Waals surface area contributed by atoms with E-state index in [9.17, 15) is 13.2 Å². The quantitative estimate of drug-likeness (QED) is 0.590. The molecule has 2 N–H and O–H groups in total. The fourth-order valence-corrected chi connectivity index (χ4v) is 1.87. The molecule has 1 aromatic carbocycles. The molecule has 0 aliphatic rings. The van der Waals surface area contributed by atoms with Gasteiger partial charge in [0.25, 0.3) is 0 Å². The molecule has 136 valence electrons. The van der Waals surface area contributed by atoms with Crippen molar-refractivity contribution >= 4 is 5.96 Å². The summed E-state index contributed by atoms with van der Waals surface area (Å²) in [6.45, 7) is 2.16. The van der Waals surface area contributed by atoms with Crippen LogP contribution >= 0.6 is 0 Å². The first kappa shape index (κ1) is 18.6. The Morgan fingerprint density at radius 1 is 1.20 bits per heavy atom. The highest BCUT2D eigenvalue weighted by Crippen LogP contribution is 2.19. The molecule has 25 heavy (non-hydrogen) atoms. The zero-order valence-electron chi connectivity index (χ0n) is 13.6. The molecule has 0 spiro atoms. The van der Waals surface area contributed by atoms with E-state index in [1.807, 2.05) is 6.92 Å².